The number of aliphatic carboxylic acids is 1. The highest BCUT2D eigenvalue weighted by Gasteiger charge is 2.38. The van der Waals surface area contributed by atoms with Crippen molar-refractivity contribution in [2.24, 2.45) is 0 Å². The van der Waals surface area contributed by atoms with Gasteiger partial charge in [0.25, 0.3) is 0 Å². The van der Waals surface area contributed by atoms with E-state index in [1.807, 2.05) is 18.2 Å². The molecule has 0 spiro atoms. The van der Waals surface area contributed by atoms with Gasteiger partial charge in [0.1, 0.15) is 18.4 Å². The molecule has 0 radical (unpaired) electrons. The summed E-state index contributed by atoms with van der Waals surface area (Å²) < 4.78 is 48.2. The average Bonchev–Trinajstić information content (AvgIpc) is 3.51. The SMILES string of the molecule is N#C[C@@H]1CCCN1C(=O)[C@@H]1CC[C@H](COc2ccc3c(c2)OCO3)N1.O=C(O)C(F)(F)F. The Balaban J connectivity index is 0.000000360. The van der Waals surface area contributed by atoms with E-state index in [0.29, 0.717) is 18.9 Å². The zero-order chi connectivity index (χ0) is 23.3. The highest BCUT2D eigenvalue weighted by Crippen LogP contribution is 2.35. The number of rotatable bonds is 4. The maximum Gasteiger partial charge on any atom is 0.490 e. The van der Waals surface area contributed by atoms with Crippen molar-refractivity contribution >= 4 is 11.9 Å². The Labute approximate surface area is 181 Å². The summed E-state index contributed by atoms with van der Waals surface area (Å²) in [6.45, 7) is 1.42. The molecule has 32 heavy (non-hydrogen) atoms. The summed E-state index contributed by atoms with van der Waals surface area (Å²) in [5.41, 5.74) is 0. The molecule has 2 saturated heterocycles. The first-order valence-corrected chi connectivity index (χ1v) is 9.97. The predicted octanol–water partition coefficient (Wildman–Crippen LogP) is 2.06. The summed E-state index contributed by atoms with van der Waals surface area (Å²) in [6.07, 6.45) is -1.73. The molecule has 3 atom stereocenters. The molecule has 0 saturated carbocycles. The molecule has 1 aromatic carbocycles. The number of benzene rings is 1. The highest BCUT2D eigenvalue weighted by molar-refractivity contribution is 5.83. The molecule has 174 valence electrons. The fourth-order valence-electron chi connectivity index (χ4n) is 3.67. The number of hydrogen-bond donors (Lipinski definition) is 2. The number of nitrogens with zero attached hydrogens (tertiary/aromatic N) is 2. The van der Waals surface area contributed by atoms with E-state index >= 15 is 0 Å². The third kappa shape index (κ3) is 5.73. The van der Waals surface area contributed by atoms with Gasteiger partial charge in [-0.2, -0.15) is 18.4 Å². The molecule has 12 heteroatoms. The van der Waals surface area contributed by atoms with Gasteiger partial charge in [0.15, 0.2) is 11.5 Å². The molecule has 3 aliphatic heterocycles. The number of amides is 1. The van der Waals surface area contributed by atoms with Gasteiger partial charge >= 0.3 is 12.1 Å². The van der Waals surface area contributed by atoms with Crippen molar-refractivity contribution in [3.8, 4) is 23.3 Å². The number of halogens is 3. The number of carbonyl (C=O) groups excluding carboxylic acids is 1. The Hall–Kier alpha value is -3.20. The van der Waals surface area contributed by atoms with Crippen LogP contribution in [0.5, 0.6) is 17.2 Å². The number of alkyl halides is 3. The van der Waals surface area contributed by atoms with Crippen LogP contribution in [0.15, 0.2) is 18.2 Å². The Morgan fingerprint density at radius 1 is 1.25 bits per heavy atom. The van der Waals surface area contributed by atoms with E-state index in [1.54, 1.807) is 4.90 Å². The number of fused-ring (bicyclic) bond motifs is 1. The van der Waals surface area contributed by atoms with E-state index in [4.69, 9.17) is 29.4 Å². The molecule has 2 fully saturated rings. The van der Waals surface area contributed by atoms with Crippen LogP contribution < -0.4 is 19.5 Å². The smallest absolute Gasteiger partial charge is 0.490 e. The van der Waals surface area contributed by atoms with Crippen molar-refractivity contribution < 1.29 is 42.1 Å². The standard InChI is InChI=1S/C18H21N3O4.C2HF3O2/c19-9-13-2-1-7-21(13)18(22)15-5-3-12(20-15)10-23-14-4-6-16-17(8-14)25-11-24-16;3-2(4,5)1(6)7/h4,6,8,12-13,15,20H,1-3,5,7,10-11H2;(H,6,7)/t12-,13+,15+;/m1./s1. The largest absolute Gasteiger partial charge is 0.492 e. The molecule has 0 aliphatic carbocycles. The lowest BCUT2D eigenvalue weighted by Gasteiger charge is -2.24. The summed E-state index contributed by atoms with van der Waals surface area (Å²) in [5, 5.41) is 19.6. The Morgan fingerprint density at radius 3 is 2.66 bits per heavy atom. The number of nitrogens with one attached hydrogen (secondary N) is 1. The van der Waals surface area contributed by atoms with Crippen molar-refractivity contribution in [2.75, 3.05) is 19.9 Å². The molecular weight excluding hydrogens is 435 g/mol. The maximum absolute atomic E-state index is 12.6. The molecule has 3 heterocycles. The van der Waals surface area contributed by atoms with E-state index in [-0.39, 0.29) is 30.8 Å². The molecule has 9 nitrogen and oxygen atoms in total. The van der Waals surface area contributed by atoms with Crippen LogP contribution in [0.3, 0.4) is 0 Å². The van der Waals surface area contributed by atoms with E-state index < -0.39 is 12.1 Å². The van der Waals surface area contributed by atoms with Crippen LogP contribution in [0.2, 0.25) is 0 Å². The molecule has 1 aromatic rings. The number of carbonyl (C=O) groups is 2. The highest BCUT2D eigenvalue weighted by atomic mass is 19.4. The minimum atomic E-state index is -5.08. The number of carboxylic acid groups (broad SMARTS) is 1. The molecule has 0 unspecified atom stereocenters. The Morgan fingerprint density at radius 2 is 1.97 bits per heavy atom. The zero-order valence-electron chi connectivity index (χ0n) is 16.9. The van der Waals surface area contributed by atoms with Crippen LogP contribution in [-0.4, -0.2) is 66.1 Å². The van der Waals surface area contributed by atoms with Gasteiger partial charge in [0.05, 0.1) is 12.1 Å². The summed E-state index contributed by atoms with van der Waals surface area (Å²) in [7, 11) is 0. The quantitative estimate of drug-likeness (QED) is 0.705. The van der Waals surface area contributed by atoms with E-state index in [9.17, 15) is 18.0 Å². The van der Waals surface area contributed by atoms with Gasteiger partial charge in [0, 0.05) is 18.7 Å². The van der Waals surface area contributed by atoms with Gasteiger partial charge in [-0.05, 0) is 37.8 Å². The second-order valence-electron chi connectivity index (χ2n) is 7.44. The van der Waals surface area contributed by atoms with Crippen molar-refractivity contribution in [2.45, 2.75) is 50.0 Å². The van der Waals surface area contributed by atoms with E-state index in [2.05, 4.69) is 11.4 Å². The van der Waals surface area contributed by atoms with Gasteiger partial charge in [-0.15, -0.1) is 0 Å². The predicted molar refractivity (Wildman–Crippen MR) is 102 cm³/mol. The van der Waals surface area contributed by atoms with Crippen LogP contribution in [0.25, 0.3) is 0 Å². The van der Waals surface area contributed by atoms with Crippen molar-refractivity contribution in [3.63, 3.8) is 0 Å². The van der Waals surface area contributed by atoms with Crippen LogP contribution in [0.1, 0.15) is 25.7 Å². The van der Waals surface area contributed by atoms with Crippen LogP contribution in [0, 0.1) is 11.3 Å². The molecule has 2 N–H and O–H groups in total. The number of hydrogen-bond acceptors (Lipinski definition) is 7. The van der Waals surface area contributed by atoms with Gasteiger partial charge < -0.3 is 24.2 Å². The molecule has 0 aromatic heterocycles. The lowest BCUT2D eigenvalue weighted by atomic mass is 10.1. The fourth-order valence-corrected chi connectivity index (χ4v) is 3.67. The molecule has 3 aliphatic rings. The second-order valence-corrected chi connectivity index (χ2v) is 7.44. The molecule has 1 amide bonds. The zero-order valence-corrected chi connectivity index (χ0v) is 16.9. The third-order valence-electron chi connectivity index (χ3n) is 5.26. The number of likely N-dealkylation sites (tertiary alicyclic amines) is 1. The van der Waals surface area contributed by atoms with Crippen LogP contribution >= 0.6 is 0 Å². The number of nitriles is 1. The first-order valence-electron chi connectivity index (χ1n) is 9.97. The molecule has 4 rings (SSSR count). The van der Waals surface area contributed by atoms with Crippen molar-refractivity contribution in [1.82, 2.24) is 10.2 Å². The Kier molecular flexibility index (Phi) is 7.29. The maximum atomic E-state index is 12.6. The van der Waals surface area contributed by atoms with Crippen molar-refractivity contribution in [1.29, 1.82) is 5.26 Å². The lowest BCUT2D eigenvalue weighted by Crippen LogP contribution is -2.47. The van der Waals surface area contributed by atoms with Crippen LogP contribution in [0.4, 0.5) is 13.2 Å². The van der Waals surface area contributed by atoms with Crippen LogP contribution in [-0.2, 0) is 9.59 Å². The monoisotopic (exact) mass is 457 g/mol. The summed E-state index contributed by atoms with van der Waals surface area (Å²) in [5.74, 6) is -0.553. The minimum absolute atomic E-state index is 0.0506. The van der Waals surface area contributed by atoms with E-state index in [1.165, 1.54) is 0 Å². The lowest BCUT2D eigenvalue weighted by molar-refractivity contribution is -0.192. The summed E-state index contributed by atoms with van der Waals surface area (Å²) in [6, 6.07) is 7.39. The van der Waals surface area contributed by atoms with Gasteiger partial charge in [-0.25, -0.2) is 4.79 Å². The Bertz CT molecular complexity index is 888. The first-order chi connectivity index (χ1) is 15.2. The number of ether oxygens (including phenoxy) is 3. The minimum Gasteiger partial charge on any atom is -0.492 e. The third-order valence-corrected chi connectivity index (χ3v) is 5.26. The first kappa shape index (κ1) is 23.5. The molecular formula is C20H22F3N3O6. The average molecular weight is 457 g/mol. The second kappa shape index (κ2) is 9.95. The van der Waals surface area contributed by atoms with Gasteiger partial charge in [-0.3, -0.25) is 10.1 Å². The van der Waals surface area contributed by atoms with Gasteiger partial charge in [0.2, 0.25) is 12.7 Å². The summed E-state index contributed by atoms with van der Waals surface area (Å²) in [4.78, 5) is 23.2. The topological polar surface area (TPSA) is 121 Å². The van der Waals surface area contributed by atoms with Gasteiger partial charge in [-0.1, -0.05) is 0 Å². The molecule has 0 bridgehead atoms. The summed E-state index contributed by atoms with van der Waals surface area (Å²) >= 11 is 0. The van der Waals surface area contributed by atoms with E-state index in [0.717, 1.165) is 37.2 Å². The van der Waals surface area contributed by atoms with Crippen molar-refractivity contribution in [3.05, 3.63) is 18.2 Å². The number of carboxylic acids is 1. The normalized spacial score (nSPS) is 23.8. The fraction of sp³-hybridized carbons (Fsp3) is 0.550.